The van der Waals surface area contributed by atoms with Gasteiger partial charge in [-0.15, -0.1) is 0 Å². The molecule has 0 saturated carbocycles. The van der Waals surface area contributed by atoms with Gasteiger partial charge in [0.25, 0.3) is 0 Å². The fraction of sp³-hybridized carbons (Fsp3) is 0.487. The smallest absolute Gasteiger partial charge is 0.0816 e. The second-order valence-electron chi connectivity index (χ2n) is 11.0. The first-order valence-electron chi connectivity index (χ1n) is 16.5. The minimum atomic E-state index is 0. The molecular weight excluding hydrogens is 555 g/mol. The number of aliphatic imine (C=N–C) groups is 2. The second kappa shape index (κ2) is 26.1. The molecule has 0 aromatic heterocycles. The molecule has 0 saturated heterocycles. The summed E-state index contributed by atoms with van der Waals surface area (Å²) in [6.07, 6.45) is 35.3. The minimum Gasteiger partial charge on any atom is -0.254 e. The van der Waals surface area contributed by atoms with Crippen LogP contribution in [0.15, 0.2) is 95.0 Å². The van der Waals surface area contributed by atoms with Gasteiger partial charge in [-0.2, -0.15) is 0 Å². The number of nitrogens with zero attached hydrogens (tertiary/aromatic N) is 2. The molecule has 0 atom stereocenters. The second-order valence-corrected chi connectivity index (χ2v) is 11.0. The molecule has 0 spiro atoms. The molecular formula is C39H56N2Ni. The molecule has 2 aromatic carbocycles. The molecule has 0 heterocycles. The third-order valence-corrected chi connectivity index (χ3v) is 7.35. The summed E-state index contributed by atoms with van der Waals surface area (Å²) in [6.45, 7) is 6.58. The van der Waals surface area contributed by atoms with E-state index in [2.05, 4.69) is 86.7 Å². The minimum absolute atomic E-state index is 0. The third-order valence-electron chi connectivity index (χ3n) is 7.35. The number of hydrogen-bond acceptors (Lipinski definition) is 2. The van der Waals surface area contributed by atoms with Crippen LogP contribution in [-0.2, 0) is 29.3 Å². The first-order valence-corrected chi connectivity index (χ1v) is 16.5. The zero-order chi connectivity index (χ0) is 29.2. The van der Waals surface area contributed by atoms with Gasteiger partial charge in [0.15, 0.2) is 0 Å². The summed E-state index contributed by atoms with van der Waals surface area (Å²) < 4.78 is 0. The topological polar surface area (TPSA) is 24.7 Å². The average molecular weight is 612 g/mol. The summed E-state index contributed by atoms with van der Waals surface area (Å²) in [5, 5.41) is 0. The van der Waals surface area contributed by atoms with Gasteiger partial charge >= 0.3 is 0 Å². The Labute approximate surface area is 268 Å². The van der Waals surface area contributed by atoms with E-state index >= 15 is 0 Å². The van der Waals surface area contributed by atoms with Crippen molar-refractivity contribution in [1.82, 2.24) is 0 Å². The Morgan fingerprint density at radius 1 is 0.595 bits per heavy atom. The van der Waals surface area contributed by atoms with Crippen LogP contribution >= 0.6 is 0 Å². The molecule has 0 aliphatic rings. The SMILES string of the molecule is CC=CC(C=Nc1ccccc1CCC=CCCCCCCC)=Nc1ccccc1CCC=CCCCCCCC.[Ni]. The maximum Gasteiger partial charge on any atom is 0.0816 e. The fourth-order valence-electron chi connectivity index (χ4n) is 4.91. The predicted molar refractivity (Wildman–Crippen MR) is 185 cm³/mol. The van der Waals surface area contributed by atoms with Gasteiger partial charge < -0.3 is 0 Å². The molecule has 2 rings (SSSR count). The molecule has 0 aliphatic heterocycles. The number of unbranched alkanes of at least 4 members (excludes halogenated alkanes) is 10. The van der Waals surface area contributed by atoms with Crippen LogP contribution in [0.2, 0.25) is 0 Å². The van der Waals surface area contributed by atoms with Crippen molar-refractivity contribution in [3.05, 3.63) is 96.1 Å². The first kappa shape index (κ1) is 37.5. The molecule has 0 amide bonds. The normalized spacial score (nSPS) is 12.3. The van der Waals surface area contributed by atoms with E-state index in [-0.39, 0.29) is 16.5 Å². The Morgan fingerprint density at radius 3 is 1.62 bits per heavy atom. The van der Waals surface area contributed by atoms with Crippen molar-refractivity contribution < 1.29 is 16.5 Å². The molecule has 2 nitrogen and oxygen atoms in total. The van der Waals surface area contributed by atoms with E-state index in [9.17, 15) is 0 Å². The summed E-state index contributed by atoms with van der Waals surface area (Å²) >= 11 is 0. The Hall–Kier alpha value is -2.51. The van der Waals surface area contributed by atoms with Crippen molar-refractivity contribution in [3.8, 4) is 0 Å². The molecule has 0 unspecified atom stereocenters. The Bertz CT molecular complexity index is 1090. The monoisotopic (exact) mass is 610 g/mol. The number of para-hydroxylation sites is 2. The van der Waals surface area contributed by atoms with Gasteiger partial charge in [-0.1, -0.05) is 132 Å². The van der Waals surface area contributed by atoms with Crippen molar-refractivity contribution >= 4 is 23.3 Å². The molecule has 0 radical (unpaired) electrons. The van der Waals surface area contributed by atoms with Gasteiger partial charge in [0.05, 0.1) is 23.3 Å². The standard InChI is InChI=1S/C39H56N2.Ni/c1-4-7-9-11-13-15-17-19-21-28-35-30-23-25-32-38(35)40-34-37(27-6-3)41-39-33-26-24-31-36(39)29-22-20-18-16-14-12-10-8-5-2;/h6,17-20,23-27,30-34H,4-5,7-16,21-22,28-29H2,1-3H3;. The van der Waals surface area contributed by atoms with E-state index in [1.54, 1.807) is 0 Å². The zero-order valence-corrected chi connectivity index (χ0v) is 27.7. The number of hydrogen-bond donors (Lipinski definition) is 0. The van der Waals surface area contributed by atoms with Gasteiger partial charge in [-0.25, -0.2) is 4.99 Å². The molecule has 0 fully saturated rings. The Morgan fingerprint density at radius 2 is 1.07 bits per heavy atom. The zero-order valence-electron chi connectivity index (χ0n) is 26.7. The van der Waals surface area contributed by atoms with Crippen LogP contribution in [0.4, 0.5) is 11.4 Å². The van der Waals surface area contributed by atoms with Gasteiger partial charge in [-0.3, -0.25) is 4.99 Å². The van der Waals surface area contributed by atoms with Crippen LogP contribution in [-0.4, -0.2) is 11.9 Å². The van der Waals surface area contributed by atoms with Gasteiger partial charge in [0.1, 0.15) is 0 Å². The summed E-state index contributed by atoms with van der Waals surface area (Å²) in [6, 6.07) is 17.0. The van der Waals surface area contributed by atoms with Gasteiger partial charge in [-0.05, 0) is 87.6 Å². The number of benzene rings is 2. The van der Waals surface area contributed by atoms with Gasteiger partial charge in [0.2, 0.25) is 0 Å². The van der Waals surface area contributed by atoms with Crippen molar-refractivity contribution in [2.75, 3.05) is 0 Å². The molecule has 42 heavy (non-hydrogen) atoms. The summed E-state index contributed by atoms with van der Waals surface area (Å²) in [5.74, 6) is 0. The van der Waals surface area contributed by atoms with Gasteiger partial charge in [0, 0.05) is 16.5 Å². The number of rotatable bonds is 22. The van der Waals surface area contributed by atoms with E-state index < -0.39 is 0 Å². The number of allylic oxidation sites excluding steroid dienone is 6. The summed E-state index contributed by atoms with van der Waals surface area (Å²) in [7, 11) is 0. The maximum absolute atomic E-state index is 5.02. The fourth-order valence-corrected chi connectivity index (χ4v) is 4.91. The first-order chi connectivity index (χ1) is 20.3. The third kappa shape index (κ3) is 17.4. The van der Waals surface area contributed by atoms with Crippen LogP contribution in [0.5, 0.6) is 0 Å². The molecule has 0 bridgehead atoms. The molecule has 2 aromatic rings. The maximum atomic E-state index is 5.02. The van der Waals surface area contributed by atoms with Crippen LogP contribution in [0.1, 0.15) is 122 Å². The van der Waals surface area contributed by atoms with Crippen molar-refractivity contribution in [2.45, 2.75) is 124 Å². The average Bonchev–Trinajstić information content (AvgIpc) is 2.99. The van der Waals surface area contributed by atoms with E-state index in [1.165, 1.54) is 88.2 Å². The summed E-state index contributed by atoms with van der Waals surface area (Å²) in [5.41, 5.74) is 5.51. The number of aryl methyl sites for hydroxylation is 2. The molecule has 3 heteroatoms. The quantitative estimate of drug-likeness (QED) is 0.0548. The Balaban J connectivity index is 0.00000882. The van der Waals surface area contributed by atoms with Crippen molar-refractivity contribution in [1.29, 1.82) is 0 Å². The van der Waals surface area contributed by atoms with E-state index in [4.69, 9.17) is 9.98 Å². The van der Waals surface area contributed by atoms with Crippen molar-refractivity contribution in [2.24, 2.45) is 9.98 Å². The summed E-state index contributed by atoms with van der Waals surface area (Å²) in [4.78, 5) is 9.91. The van der Waals surface area contributed by atoms with Crippen LogP contribution in [0.25, 0.3) is 0 Å². The van der Waals surface area contributed by atoms with E-state index in [0.717, 1.165) is 42.8 Å². The van der Waals surface area contributed by atoms with Crippen LogP contribution < -0.4 is 0 Å². The van der Waals surface area contributed by atoms with Crippen LogP contribution in [0, 0.1) is 0 Å². The molecule has 232 valence electrons. The van der Waals surface area contributed by atoms with Crippen LogP contribution in [0.3, 0.4) is 0 Å². The van der Waals surface area contributed by atoms with E-state index in [0.29, 0.717) is 0 Å². The molecule has 0 N–H and O–H groups in total. The van der Waals surface area contributed by atoms with Crippen molar-refractivity contribution in [3.63, 3.8) is 0 Å². The Kier molecular flexibility index (Phi) is 23.4. The molecule has 0 aliphatic carbocycles. The predicted octanol–water partition coefficient (Wildman–Crippen LogP) is 12.4. The largest absolute Gasteiger partial charge is 0.254 e. The van der Waals surface area contributed by atoms with E-state index in [1.807, 2.05) is 25.3 Å².